The summed E-state index contributed by atoms with van der Waals surface area (Å²) in [5.41, 5.74) is 9.33. The summed E-state index contributed by atoms with van der Waals surface area (Å²) in [6.45, 7) is 2.11. The van der Waals surface area contributed by atoms with E-state index < -0.39 is 0 Å². The maximum atomic E-state index is 12.1. The van der Waals surface area contributed by atoms with E-state index in [1.54, 1.807) is 24.3 Å². The number of nitrogen functional groups attached to an aromatic ring is 1. The molecule has 2 rings (SSSR count). The van der Waals surface area contributed by atoms with Gasteiger partial charge in [-0.05, 0) is 41.8 Å². The Labute approximate surface area is 107 Å². The Kier molecular flexibility index (Phi) is 3.78. The van der Waals surface area contributed by atoms with E-state index >= 15 is 0 Å². The number of Topliss-reactive ketones (excluding diaryl/α,β-unsaturated/α-hetero) is 1. The molecule has 0 unspecified atom stereocenters. The van der Waals surface area contributed by atoms with Gasteiger partial charge in [0.1, 0.15) is 0 Å². The van der Waals surface area contributed by atoms with Gasteiger partial charge in [0.05, 0.1) is 0 Å². The van der Waals surface area contributed by atoms with Crippen molar-refractivity contribution in [2.45, 2.75) is 19.8 Å². The lowest BCUT2D eigenvalue weighted by Crippen LogP contribution is -2.04. The summed E-state index contributed by atoms with van der Waals surface area (Å²) in [5, 5.41) is 0. The van der Waals surface area contributed by atoms with E-state index in [1.807, 2.05) is 12.1 Å². The Morgan fingerprint density at radius 2 is 1.72 bits per heavy atom. The molecule has 0 aliphatic rings. The molecule has 2 aromatic rings. The number of ketones is 1. The first-order chi connectivity index (χ1) is 8.69. The van der Waals surface area contributed by atoms with Gasteiger partial charge in [0, 0.05) is 17.7 Å². The van der Waals surface area contributed by atoms with Gasteiger partial charge in [0.15, 0.2) is 5.78 Å². The predicted octanol–water partition coefficient (Wildman–Crippen LogP) is 3.26. The molecule has 0 heterocycles. The van der Waals surface area contributed by atoms with Crippen LogP contribution in [0.4, 0.5) is 5.69 Å². The predicted molar refractivity (Wildman–Crippen MR) is 74.7 cm³/mol. The Balaban J connectivity index is 2.13. The summed E-state index contributed by atoms with van der Waals surface area (Å²) in [4.78, 5) is 12.1. The number of benzene rings is 2. The third-order valence-corrected chi connectivity index (χ3v) is 3.00. The Morgan fingerprint density at radius 1 is 1.06 bits per heavy atom. The van der Waals surface area contributed by atoms with Gasteiger partial charge in [0.2, 0.25) is 0 Å². The lowest BCUT2D eigenvalue weighted by atomic mass is 10.0. The first-order valence-corrected chi connectivity index (χ1v) is 6.15. The summed E-state index contributed by atoms with van der Waals surface area (Å²) in [5.74, 6) is 0.128. The highest BCUT2D eigenvalue weighted by atomic mass is 16.1. The van der Waals surface area contributed by atoms with Gasteiger partial charge in [-0.25, -0.2) is 0 Å². The summed E-state index contributed by atoms with van der Waals surface area (Å²) in [6, 6.07) is 15.2. The van der Waals surface area contributed by atoms with Crippen molar-refractivity contribution in [3.63, 3.8) is 0 Å². The van der Waals surface area contributed by atoms with Crippen molar-refractivity contribution in [2.75, 3.05) is 5.73 Å². The Hall–Kier alpha value is -2.09. The van der Waals surface area contributed by atoms with Gasteiger partial charge < -0.3 is 5.73 Å². The molecule has 0 aromatic heterocycles. The topological polar surface area (TPSA) is 43.1 Å². The van der Waals surface area contributed by atoms with Crippen LogP contribution in [0.15, 0.2) is 48.5 Å². The maximum Gasteiger partial charge on any atom is 0.167 e. The van der Waals surface area contributed by atoms with Crippen molar-refractivity contribution in [3.05, 3.63) is 65.2 Å². The fraction of sp³-hybridized carbons (Fsp3) is 0.188. The number of anilines is 1. The molecule has 0 saturated heterocycles. The highest BCUT2D eigenvalue weighted by Crippen LogP contribution is 2.12. The van der Waals surface area contributed by atoms with E-state index in [-0.39, 0.29) is 5.78 Å². The van der Waals surface area contributed by atoms with E-state index in [2.05, 4.69) is 19.1 Å². The van der Waals surface area contributed by atoms with Crippen molar-refractivity contribution < 1.29 is 4.79 Å². The van der Waals surface area contributed by atoms with E-state index in [0.29, 0.717) is 17.7 Å². The first-order valence-electron chi connectivity index (χ1n) is 6.15. The fourth-order valence-electron chi connectivity index (χ4n) is 1.92. The fourth-order valence-corrected chi connectivity index (χ4v) is 1.92. The molecular formula is C16H17NO. The van der Waals surface area contributed by atoms with Crippen molar-refractivity contribution in [1.29, 1.82) is 0 Å². The quantitative estimate of drug-likeness (QED) is 0.657. The van der Waals surface area contributed by atoms with Gasteiger partial charge in [-0.3, -0.25) is 4.79 Å². The van der Waals surface area contributed by atoms with E-state index in [0.717, 1.165) is 12.0 Å². The van der Waals surface area contributed by atoms with Crippen LogP contribution >= 0.6 is 0 Å². The van der Waals surface area contributed by atoms with Gasteiger partial charge in [-0.1, -0.05) is 31.2 Å². The number of nitrogens with two attached hydrogens (primary N) is 1. The highest BCUT2D eigenvalue weighted by molar-refractivity contribution is 5.97. The molecule has 2 heteroatoms. The number of aryl methyl sites for hydroxylation is 1. The van der Waals surface area contributed by atoms with Gasteiger partial charge >= 0.3 is 0 Å². The zero-order valence-electron chi connectivity index (χ0n) is 10.5. The second-order valence-electron chi connectivity index (χ2n) is 4.40. The van der Waals surface area contributed by atoms with E-state index in [1.165, 1.54) is 5.56 Å². The SMILES string of the molecule is CCc1cccc(CC(=O)c2ccc(N)cc2)c1. The molecule has 0 bridgehead atoms. The van der Waals surface area contributed by atoms with E-state index in [4.69, 9.17) is 5.73 Å². The number of carbonyl (C=O) groups excluding carboxylic acids is 1. The minimum Gasteiger partial charge on any atom is -0.399 e. The largest absolute Gasteiger partial charge is 0.399 e. The lowest BCUT2D eigenvalue weighted by Gasteiger charge is -2.04. The number of hydrogen-bond acceptors (Lipinski definition) is 2. The molecule has 2 aromatic carbocycles. The molecule has 0 fully saturated rings. The molecule has 0 aliphatic carbocycles. The molecular weight excluding hydrogens is 222 g/mol. The van der Waals surface area contributed by atoms with Crippen LogP contribution in [0.3, 0.4) is 0 Å². The van der Waals surface area contributed by atoms with Crippen LogP contribution in [0.25, 0.3) is 0 Å². The monoisotopic (exact) mass is 239 g/mol. The average molecular weight is 239 g/mol. The van der Waals surface area contributed by atoms with Gasteiger partial charge in [-0.15, -0.1) is 0 Å². The van der Waals surface area contributed by atoms with Crippen LogP contribution in [0.1, 0.15) is 28.4 Å². The highest BCUT2D eigenvalue weighted by Gasteiger charge is 2.07. The summed E-state index contributed by atoms with van der Waals surface area (Å²) in [6.07, 6.45) is 1.43. The third kappa shape index (κ3) is 2.98. The second-order valence-corrected chi connectivity index (χ2v) is 4.40. The lowest BCUT2D eigenvalue weighted by molar-refractivity contribution is 0.0993. The molecule has 2 N–H and O–H groups in total. The minimum absolute atomic E-state index is 0.128. The molecule has 18 heavy (non-hydrogen) atoms. The van der Waals surface area contributed by atoms with Crippen molar-refractivity contribution in [1.82, 2.24) is 0 Å². The molecule has 2 nitrogen and oxygen atoms in total. The number of rotatable bonds is 4. The van der Waals surface area contributed by atoms with Gasteiger partial charge in [0.25, 0.3) is 0 Å². The molecule has 0 aliphatic heterocycles. The standard InChI is InChI=1S/C16H17NO/c1-2-12-4-3-5-13(10-12)11-16(18)14-6-8-15(17)9-7-14/h3-10H,2,11,17H2,1H3. The van der Waals surface area contributed by atoms with Crippen molar-refractivity contribution in [3.8, 4) is 0 Å². The number of hydrogen-bond donors (Lipinski definition) is 1. The van der Waals surface area contributed by atoms with Crippen LogP contribution in [-0.2, 0) is 12.8 Å². The van der Waals surface area contributed by atoms with Crippen LogP contribution < -0.4 is 5.73 Å². The summed E-state index contributed by atoms with van der Waals surface area (Å²) in [7, 11) is 0. The minimum atomic E-state index is 0.128. The zero-order chi connectivity index (χ0) is 13.0. The van der Waals surface area contributed by atoms with Crippen molar-refractivity contribution in [2.24, 2.45) is 0 Å². The molecule has 0 spiro atoms. The van der Waals surface area contributed by atoms with Crippen LogP contribution in [-0.4, -0.2) is 5.78 Å². The van der Waals surface area contributed by atoms with E-state index in [9.17, 15) is 4.79 Å². The van der Waals surface area contributed by atoms with Crippen molar-refractivity contribution >= 4 is 11.5 Å². The normalized spacial score (nSPS) is 10.3. The molecule has 0 radical (unpaired) electrons. The Morgan fingerprint density at radius 3 is 2.39 bits per heavy atom. The second kappa shape index (κ2) is 5.50. The van der Waals surface area contributed by atoms with Gasteiger partial charge in [-0.2, -0.15) is 0 Å². The molecule has 92 valence electrons. The van der Waals surface area contributed by atoms with Crippen LogP contribution in [0, 0.1) is 0 Å². The molecule has 0 amide bonds. The first kappa shape index (κ1) is 12.4. The zero-order valence-corrected chi connectivity index (χ0v) is 10.5. The van der Waals surface area contributed by atoms with Crippen LogP contribution in [0.2, 0.25) is 0 Å². The average Bonchev–Trinajstić information content (AvgIpc) is 2.39. The number of carbonyl (C=O) groups is 1. The summed E-state index contributed by atoms with van der Waals surface area (Å²) >= 11 is 0. The summed E-state index contributed by atoms with van der Waals surface area (Å²) < 4.78 is 0. The van der Waals surface area contributed by atoms with Crippen LogP contribution in [0.5, 0.6) is 0 Å². The smallest absolute Gasteiger partial charge is 0.167 e. The molecule has 0 saturated carbocycles. The third-order valence-electron chi connectivity index (χ3n) is 3.00. The Bertz CT molecular complexity index is 543. The maximum absolute atomic E-state index is 12.1. The molecule has 0 atom stereocenters.